The molecule has 0 bridgehead atoms. The van der Waals surface area contributed by atoms with Crippen molar-refractivity contribution in [2.75, 3.05) is 40.9 Å². The molecule has 1 amide bonds. The number of amides is 1. The molecule has 3 atom stereocenters. The van der Waals surface area contributed by atoms with Crippen LogP contribution in [0.1, 0.15) is 110 Å². The molecular formula is C30H60N2O6P+. The van der Waals surface area contributed by atoms with Gasteiger partial charge in [-0.2, -0.15) is 0 Å². The highest BCUT2D eigenvalue weighted by molar-refractivity contribution is 7.47. The Morgan fingerprint density at radius 3 is 2.18 bits per heavy atom. The SMILES string of the molecule is CCC/C=C\C/C=C\CCCCCCCC(=O)NC(COP(=O)(O)OCC[N+](C)(C)C)C(O)CCCCCC. The van der Waals surface area contributed by atoms with Crippen molar-refractivity contribution in [1.29, 1.82) is 0 Å². The van der Waals surface area contributed by atoms with Crippen molar-refractivity contribution >= 4 is 13.7 Å². The van der Waals surface area contributed by atoms with Crippen molar-refractivity contribution in [2.45, 2.75) is 122 Å². The minimum atomic E-state index is -4.28. The number of aliphatic hydroxyl groups is 1. The maximum absolute atomic E-state index is 12.6. The Labute approximate surface area is 239 Å². The Hall–Kier alpha value is -1.02. The van der Waals surface area contributed by atoms with E-state index in [-0.39, 0.29) is 19.1 Å². The predicted octanol–water partition coefficient (Wildman–Crippen LogP) is 6.68. The van der Waals surface area contributed by atoms with Gasteiger partial charge in [-0.3, -0.25) is 13.8 Å². The summed E-state index contributed by atoms with van der Waals surface area (Å²) in [6, 6.07) is -0.759. The van der Waals surface area contributed by atoms with Gasteiger partial charge in [0.05, 0.1) is 39.9 Å². The third-order valence-corrected chi connectivity index (χ3v) is 7.42. The standard InChI is InChI=1S/C30H59N2O6P/c1-6-8-10-12-13-14-15-16-17-18-19-20-22-24-30(34)31-28(29(33)23-21-11-9-7-2)27-38-39(35,36)37-26-25-32(3,4)5/h10,12,14-15,28-29,33H,6-9,11,13,16-27H2,1-5H3,(H-,31,34,35,36)/p+1/b12-10-,15-14-. The van der Waals surface area contributed by atoms with Crippen LogP contribution in [0.5, 0.6) is 0 Å². The first kappa shape index (κ1) is 38.0. The topological polar surface area (TPSA) is 105 Å². The lowest BCUT2D eigenvalue weighted by molar-refractivity contribution is -0.870. The number of nitrogens with one attached hydrogen (secondary N) is 1. The van der Waals surface area contributed by atoms with Gasteiger partial charge in [0.25, 0.3) is 0 Å². The summed E-state index contributed by atoms with van der Waals surface area (Å²) in [5.74, 6) is -0.172. The second kappa shape index (κ2) is 23.7. The maximum atomic E-state index is 12.6. The number of carbonyl (C=O) groups excluding carboxylic acids is 1. The number of phosphoric acid groups is 1. The van der Waals surface area contributed by atoms with Crippen molar-refractivity contribution in [3.63, 3.8) is 0 Å². The first-order chi connectivity index (χ1) is 18.5. The second-order valence-electron chi connectivity index (χ2n) is 11.5. The molecule has 0 radical (unpaired) electrons. The van der Waals surface area contributed by atoms with Crippen LogP contribution in [0.4, 0.5) is 0 Å². The van der Waals surface area contributed by atoms with E-state index in [0.717, 1.165) is 77.0 Å². The van der Waals surface area contributed by atoms with E-state index in [4.69, 9.17) is 9.05 Å². The lowest BCUT2D eigenvalue weighted by atomic mass is 10.0. The third kappa shape index (κ3) is 25.7. The van der Waals surface area contributed by atoms with Crippen molar-refractivity contribution in [3.05, 3.63) is 24.3 Å². The molecule has 0 rings (SSSR count). The van der Waals surface area contributed by atoms with Crippen LogP contribution in [0.3, 0.4) is 0 Å². The largest absolute Gasteiger partial charge is 0.472 e. The average Bonchev–Trinajstić information content (AvgIpc) is 2.86. The highest BCUT2D eigenvalue weighted by Crippen LogP contribution is 2.43. The number of hydrogen-bond donors (Lipinski definition) is 3. The van der Waals surface area contributed by atoms with Gasteiger partial charge in [0.1, 0.15) is 13.2 Å². The van der Waals surface area contributed by atoms with Gasteiger partial charge in [0.2, 0.25) is 5.91 Å². The number of rotatable bonds is 26. The van der Waals surface area contributed by atoms with E-state index in [1.54, 1.807) is 0 Å². The molecule has 230 valence electrons. The first-order valence-electron chi connectivity index (χ1n) is 15.2. The van der Waals surface area contributed by atoms with Crippen LogP contribution in [0.15, 0.2) is 24.3 Å². The van der Waals surface area contributed by atoms with Gasteiger partial charge in [0, 0.05) is 6.42 Å². The van der Waals surface area contributed by atoms with Gasteiger partial charge in [-0.25, -0.2) is 4.57 Å². The van der Waals surface area contributed by atoms with Crippen molar-refractivity contribution in [1.82, 2.24) is 5.32 Å². The summed E-state index contributed by atoms with van der Waals surface area (Å²) in [4.78, 5) is 22.6. The van der Waals surface area contributed by atoms with Crippen LogP contribution in [-0.4, -0.2) is 73.4 Å². The number of nitrogens with zero attached hydrogens (tertiary/aromatic N) is 1. The summed E-state index contributed by atoms with van der Waals surface area (Å²) in [5.41, 5.74) is 0. The Morgan fingerprint density at radius 1 is 0.872 bits per heavy atom. The Morgan fingerprint density at radius 2 is 1.51 bits per heavy atom. The molecule has 39 heavy (non-hydrogen) atoms. The van der Waals surface area contributed by atoms with Gasteiger partial charge in [-0.05, 0) is 38.5 Å². The zero-order valence-electron chi connectivity index (χ0n) is 25.6. The Balaban J connectivity index is 4.43. The number of unbranched alkanes of at least 4 members (excludes halogenated alkanes) is 9. The maximum Gasteiger partial charge on any atom is 0.472 e. The molecule has 0 aliphatic carbocycles. The molecule has 0 aromatic rings. The lowest BCUT2D eigenvalue weighted by Crippen LogP contribution is -2.46. The summed E-state index contributed by atoms with van der Waals surface area (Å²) in [7, 11) is 1.59. The van der Waals surface area contributed by atoms with Crippen LogP contribution in [-0.2, 0) is 18.4 Å². The highest BCUT2D eigenvalue weighted by Gasteiger charge is 2.28. The average molecular weight is 576 g/mol. The monoisotopic (exact) mass is 575 g/mol. The van der Waals surface area contributed by atoms with Crippen LogP contribution in [0.25, 0.3) is 0 Å². The molecule has 0 fully saturated rings. The van der Waals surface area contributed by atoms with Crippen molar-refractivity contribution in [3.8, 4) is 0 Å². The van der Waals surface area contributed by atoms with Crippen molar-refractivity contribution < 1.29 is 32.9 Å². The molecule has 0 saturated carbocycles. The zero-order valence-corrected chi connectivity index (χ0v) is 26.5. The van der Waals surface area contributed by atoms with Gasteiger partial charge in [-0.1, -0.05) is 89.5 Å². The number of aliphatic hydroxyl groups excluding tert-OH is 1. The molecule has 3 unspecified atom stereocenters. The highest BCUT2D eigenvalue weighted by atomic mass is 31.2. The number of carbonyl (C=O) groups is 1. The first-order valence-corrected chi connectivity index (χ1v) is 16.7. The van der Waals surface area contributed by atoms with E-state index in [9.17, 15) is 19.4 Å². The van der Waals surface area contributed by atoms with Gasteiger partial charge < -0.3 is 19.8 Å². The Kier molecular flexibility index (Phi) is 23.0. The predicted molar refractivity (Wildman–Crippen MR) is 161 cm³/mol. The van der Waals surface area contributed by atoms with Crippen LogP contribution in [0, 0.1) is 0 Å². The normalized spacial score (nSPS) is 15.6. The number of phosphoric ester groups is 1. The summed E-state index contributed by atoms with van der Waals surface area (Å²) < 4.78 is 23.2. The van der Waals surface area contributed by atoms with Crippen LogP contribution < -0.4 is 5.32 Å². The minimum Gasteiger partial charge on any atom is -0.391 e. The van der Waals surface area contributed by atoms with Crippen LogP contribution >= 0.6 is 7.82 Å². The Bertz CT molecular complexity index is 708. The number of likely N-dealkylation sites (N-methyl/N-ethyl adjacent to an activating group) is 1. The number of allylic oxidation sites excluding steroid dienone is 4. The molecule has 0 aliphatic rings. The fourth-order valence-corrected chi connectivity index (χ4v) is 4.64. The van der Waals surface area contributed by atoms with Crippen LogP contribution in [0.2, 0.25) is 0 Å². The number of quaternary nitrogens is 1. The molecular weight excluding hydrogens is 515 g/mol. The molecule has 0 saturated heterocycles. The zero-order chi connectivity index (χ0) is 29.4. The fraction of sp³-hybridized carbons (Fsp3) is 0.833. The lowest BCUT2D eigenvalue weighted by Gasteiger charge is -2.26. The fourth-order valence-electron chi connectivity index (χ4n) is 3.90. The summed E-state index contributed by atoms with van der Waals surface area (Å²) >= 11 is 0. The van der Waals surface area contributed by atoms with E-state index >= 15 is 0 Å². The quantitative estimate of drug-likeness (QED) is 0.0460. The second-order valence-corrected chi connectivity index (χ2v) is 12.9. The van der Waals surface area contributed by atoms with E-state index in [1.165, 1.54) is 6.42 Å². The minimum absolute atomic E-state index is 0.0700. The summed E-state index contributed by atoms with van der Waals surface area (Å²) in [5, 5.41) is 13.5. The molecule has 0 aromatic heterocycles. The van der Waals surface area contributed by atoms with Gasteiger partial charge in [-0.15, -0.1) is 0 Å². The summed E-state index contributed by atoms with van der Waals surface area (Å²) in [6.45, 7) is 4.64. The smallest absolute Gasteiger partial charge is 0.391 e. The van der Waals surface area contributed by atoms with Crippen molar-refractivity contribution in [2.24, 2.45) is 0 Å². The summed E-state index contributed by atoms with van der Waals surface area (Å²) in [6.07, 6.45) is 22.5. The molecule has 0 heterocycles. The van der Waals surface area contributed by atoms with E-state index in [0.29, 0.717) is 23.9 Å². The molecule has 9 heteroatoms. The molecule has 3 N–H and O–H groups in total. The molecule has 0 spiro atoms. The van der Waals surface area contributed by atoms with E-state index < -0.39 is 20.0 Å². The molecule has 0 aromatic carbocycles. The van der Waals surface area contributed by atoms with E-state index in [1.807, 2.05) is 21.1 Å². The molecule has 8 nitrogen and oxygen atoms in total. The van der Waals surface area contributed by atoms with Gasteiger partial charge in [0.15, 0.2) is 0 Å². The molecule has 0 aliphatic heterocycles. The van der Waals surface area contributed by atoms with E-state index in [2.05, 4.69) is 43.5 Å². The third-order valence-electron chi connectivity index (χ3n) is 6.43. The number of hydrogen-bond acceptors (Lipinski definition) is 5. The van der Waals surface area contributed by atoms with Gasteiger partial charge >= 0.3 is 7.82 Å².